The van der Waals surface area contributed by atoms with E-state index in [1.54, 1.807) is 11.9 Å². The summed E-state index contributed by atoms with van der Waals surface area (Å²) >= 11 is 0. The molecule has 0 aromatic rings. The highest BCUT2D eigenvalue weighted by Gasteiger charge is 2.33. The van der Waals surface area contributed by atoms with E-state index in [2.05, 4.69) is 5.32 Å². The Morgan fingerprint density at radius 3 is 2.53 bits per heavy atom. The number of rotatable bonds is 6. The van der Waals surface area contributed by atoms with Crippen molar-refractivity contribution in [2.75, 3.05) is 20.8 Å². The van der Waals surface area contributed by atoms with E-state index in [0.717, 1.165) is 12.8 Å². The van der Waals surface area contributed by atoms with E-state index in [-0.39, 0.29) is 18.7 Å². The molecule has 1 rings (SSSR count). The Kier molecular flexibility index (Phi) is 4.74. The van der Waals surface area contributed by atoms with Crippen LogP contribution in [0.4, 0.5) is 4.79 Å². The molecule has 1 saturated carbocycles. The van der Waals surface area contributed by atoms with Gasteiger partial charge in [-0.15, -0.1) is 0 Å². The molecule has 98 valence electrons. The smallest absolute Gasteiger partial charge is 0.328 e. The van der Waals surface area contributed by atoms with Crippen molar-refractivity contribution in [2.24, 2.45) is 5.92 Å². The van der Waals surface area contributed by atoms with Crippen molar-refractivity contribution in [2.45, 2.75) is 31.8 Å². The lowest BCUT2D eigenvalue weighted by molar-refractivity contribution is -0.140. The quantitative estimate of drug-likeness (QED) is 0.714. The van der Waals surface area contributed by atoms with Gasteiger partial charge in [0.1, 0.15) is 0 Å². The fourth-order valence-electron chi connectivity index (χ4n) is 1.67. The Morgan fingerprint density at radius 2 is 2.12 bits per heavy atom. The molecule has 1 aliphatic carbocycles. The van der Waals surface area contributed by atoms with Crippen LogP contribution in [0.25, 0.3) is 0 Å². The minimum atomic E-state index is -1.09. The van der Waals surface area contributed by atoms with Crippen LogP contribution in [-0.2, 0) is 9.53 Å². The molecule has 0 aromatic carbocycles. The number of carbonyl (C=O) groups excluding carboxylic acids is 1. The fourth-order valence-corrected chi connectivity index (χ4v) is 1.67. The van der Waals surface area contributed by atoms with Gasteiger partial charge in [-0.2, -0.15) is 0 Å². The summed E-state index contributed by atoms with van der Waals surface area (Å²) in [7, 11) is 3.09. The molecule has 2 amide bonds. The van der Waals surface area contributed by atoms with Gasteiger partial charge in [0.25, 0.3) is 0 Å². The van der Waals surface area contributed by atoms with Crippen LogP contribution in [-0.4, -0.2) is 54.9 Å². The molecule has 6 heteroatoms. The van der Waals surface area contributed by atoms with Crippen molar-refractivity contribution in [1.82, 2.24) is 10.2 Å². The van der Waals surface area contributed by atoms with Crippen LogP contribution in [0.1, 0.15) is 19.8 Å². The van der Waals surface area contributed by atoms with Crippen LogP contribution in [0.5, 0.6) is 0 Å². The van der Waals surface area contributed by atoms with Gasteiger partial charge >= 0.3 is 12.0 Å². The van der Waals surface area contributed by atoms with E-state index in [4.69, 9.17) is 9.84 Å². The summed E-state index contributed by atoms with van der Waals surface area (Å²) in [6, 6.07) is -1.22. The van der Waals surface area contributed by atoms with E-state index in [9.17, 15) is 9.59 Å². The Bertz CT molecular complexity index is 291. The third kappa shape index (κ3) is 3.89. The van der Waals surface area contributed by atoms with Gasteiger partial charge in [-0.05, 0) is 25.7 Å². The molecule has 17 heavy (non-hydrogen) atoms. The number of hydrogen-bond acceptors (Lipinski definition) is 3. The average molecular weight is 244 g/mol. The van der Waals surface area contributed by atoms with E-state index < -0.39 is 12.0 Å². The van der Waals surface area contributed by atoms with Crippen molar-refractivity contribution in [3.63, 3.8) is 0 Å². The van der Waals surface area contributed by atoms with Gasteiger partial charge in [0.15, 0.2) is 6.04 Å². The first-order chi connectivity index (χ1) is 7.97. The second kappa shape index (κ2) is 5.86. The van der Waals surface area contributed by atoms with Gasteiger partial charge in [-0.25, -0.2) is 9.59 Å². The third-order valence-electron chi connectivity index (χ3n) is 3.16. The van der Waals surface area contributed by atoms with Crippen molar-refractivity contribution in [3.8, 4) is 0 Å². The van der Waals surface area contributed by atoms with E-state index in [1.165, 1.54) is 7.11 Å². The summed E-state index contributed by atoms with van der Waals surface area (Å²) in [6.45, 7) is 1.94. The number of methoxy groups -OCH3 is 1. The van der Waals surface area contributed by atoms with Crippen molar-refractivity contribution >= 4 is 12.0 Å². The maximum Gasteiger partial charge on any atom is 0.328 e. The van der Waals surface area contributed by atoms with Crippen molar-refractivity contribution in [3.05, 3.63) is 0 Å². The molecule has 0 bridgehead atoms. The molecule has 0 radical (unpaired) electrons. The highest BCUT2D eigenvalue weighted by atomic mass is 16.5. The molecular weight excluding hydrogens is 224 g/mol. The number of nitrogens with one attached hydrogen (secondary N) is 1. The predicted molar refractivity (Wildman–Crippen MR) is 61.8 cm³/mol. The first-order valence-corrected chi connectivity index (χ1v) is 5.72. The summed E-state index contributed by atoms with van der Waals surface area (Å²) in [5, 5.41) is 11.3. The van der Waals surface area contributed by atoms with Gasteiger partial charge in [0.05, 0.1) is 6.61 Å². The average Bonchev–Trinajstić information content (AvgIpc) is 3.09. The van der Waals surface area contributed by atoms with E-state index in [1.807, 2.05) is 6.92 Å². The largest absolute Gasteiger partial charge is 0.480 e. The number of amides is 2. The maximum absolute atomic E-state index is 11.8. The van der Waals surface area contributed by atoms with Crippen LogP contribution >= 0.6 is 0 Å². The lowest BCUT2D eigenvalue weighted by Crippen LogP contribution is -2.51. The second-order valence-electron chi connectivity index (χ2n) is 4.48. The zero-order chi connectivity index (χ0) is 13.0. The van der Waals surface area contributed by atoms with Crippen LogP contribution in [0, 0.1) is 5.92 Å². The molecule has 6 nitrogen and oxygen atoms in total. The standard InChI is InChI=1S/C11H20N2O4/c1-7(8-4-5-8)13(2)11(16)12-9(6-17-3)10(14)15/h7-9H,4-6H2,1-3H3,(H,12,16)(H,14,15). The van der Waals surface area contributed by atoms with Crippen LogP contribution in [0.2, 0.25) is 0 Å². The highest BCUT2D eigenvalue weighted by molar-refractivity contribution is 5.82. The normalized spacial score (nSPS) is 18.3. The number of carboxylic acids is 1. The topological polar surface area (TPSA) is 78.9 Å². The predicted octanol–water partition coefficient (Wildman–Crippen LogP) is 0.526. The SMILES string of the molecule is COCC(NC(=O)N(C)C(C)C1CC1)C(=O)O. The summed E-state index contributed by atoms with van der Waals surface area (Å²) < 4.78 is 4.75. The van der Waals surface area contributed by atoms with Gasteiger partial charge in [0, 0.05) is 20.2 Å². The molecule has 2 N–H and O–H groups in total. The number of hydrogen-bond donors (Lipinski definition) is 2. The molecule has 0 heterocycles. The number of carboxylic acid groups (broad SMARTS) is 1. The lowest BCUT2D eigenvalue weighted by atomic mass is 10.2. The van der Waals surface area contributed by atoms with Crippen LogP contribution in [0.15, 0.2) is 0 Å². The Labute approximate surface area is 101 Å². The van der Waals surface area contributed by atoms with Gasteiger partial charge in [-0.3, -0.25) is 0 Å². The minimum Gasteiger partial charge on any atom is -0.480 e. The van der Waals surface area contributed by atoms with E-state index in [0.29, 0.717) is 5.92 Å². The first-order valence-electron chi connectivity index (χ1n) is 5.72. The molecule has 2 atom stereocenters. The molecule has 0 spiro atoms. The number of ether oxygens (including phenoxy) is 1. The maximum atomic E-state index is 11.8. The molecular formula is C11H20N2O4. The van der Waals surface area contributed by atoms with Crippen molar-refractivity contribution in [1.29, 1.82) is 0 Å². The molecule has 1 fully saturated rings. The molecule has 1 aliphatic rings. The molecule has 0 saturated heterocycles. The Balaban J connectivity index is 2.47. The summed E-state index contributed by atoms with van der Waals surface area (Å²) in [4.78, 5) is 24.2. The fraction of sp³-hybridized carbons (Fsp3) is 0.818. The summed E-state index contributed by atoms with van der Waals surface area (Å²) in [6.07, 6.45) is 2.28. The highest BCUT2D eigenvalue weighted by Crippen LogP contribution is 2.34. The number of nitrogens with zero attached hydrogens (tertiary/aromatic N) is 1. The monoisotopic (exact) mass is 244 g/mol. The molecule has 0 aliphatic heterocycles. The van der Waals surface area contributed by atoms with Gasteiger partial charge < -0.3 is 20.1 Å². The number of carbonyl (C=O) groups is 2. The Hall–Kier alpha value is -1.30. The zero-order valence-electron chi connectivity index (χ0n) is 10.5. The Morgan fingerprint density at radius 1 is 1.53 bits per heavy atom. The summed E-state index contributed by atoms with van der Waals surface area (Å²) in [5.74, 6) is -0.538. The first kappa shape index (κ1) is 13.8. The minimum absolute atomic E-state index is 0.0350. The van der Waals surface area contributed by atoms with E-state index >= 15 is 0 Å². The molecule has 2 unspecified atom stereocenters. The van der Waals surface area contributed by atoms with Crippen LogP contribution < -0.4 is 5.32 Å². The molecule has 0 aromatic heterocycles. The third-order valence-corrected chi connectivity index (χ3v) is 3.16. The lowest BCUT2D eigenvalue weighted by Gasteiger charge is -2.26. The second-order valence-corrected chi connectivity index (χ2v) is 4.48. The summed E-state index contributed by atoms with van der Waals surface area (Å²) in [5.41, 5.74) is 0. The van der Waals surface area contributed by atoms with Gasteiger partial charge in [-0.1, -0.05) is 0 Å². The van der Waals surface area contributed by atoms with Gasteiger partial charge in [0.2, 0.25) is 0 Å². The number of aliphatic carboxylic acids is 1. The zero-order valence-corrected chi connectivity index (χ0v) is 10.5. The van der Waals surface area contributed by atoms with Crippen molar-refractivity contribution < 1.29 is 19.4 Å². The number of urea groups is 1. The van der Waals surface area contributed by atoms with Crippen LogP contribution in [0.3, 0.4) is 0 Å².